The first kappa shape index (κ1) is 14.5. The van der Waals surface area contributed by atoms with Crippen LogP contribution in [0.15, 0.2) is 30.5 Å². The third kappa shape index (κ3) is 4.30. The zero-order valence-corrected chi connectivity index (χ0v) is 12.9. The standard InChI is InChI=1S/C15H19ClN2S/c1-3-7-17-14(10-12-4-5-15(16)19-12)13-9-11(2)6-8-18-13/h4-6,8-9,14,17H,3,7,10H2,1-2H3. The summed E-state index contributed by atoms with van der Waals surface area (Å²) in [5.41, 5.74) is 2.36. The molecule has 0 radical (unpaired) electrons. The van der Waals surface area contributed by atoms with Crippen LogP contribution in [0.1, 0.15) is 35.5 Å². The third-order valence-corrected chi connectivity index (χ3v) is 4.22. The van der Waals surface area contributed by atoms with Gasteiger partial charge in [-0.3, -0.25) is 4.98 Å². The van der Waals surface area contributed by atoms with Crippen LogP contribution < -0.4 is 5.32 Å². The van der Waals surface area contributed by atoms with Crippen molar-refractivity contribution in [2.75, 3.05) is 6.54 Å². The van der Waals surface area contributed by atoms with Crippen LogP contribution in [0.2, 0.25) is 4.34 Å². The van der Waals surface area contributed by atoms with Crippen LogP contribution in [0.5, 0.6) is 0 Å². The van der Waals surface area contributed by atoms with Crippen molar-refractivity contribution in [1.29, 1.82) is 0 Å². The van der Waals surface area contributed by atoms with E-state index in [2.05, 4.69) is 36.3 Å². The summed E-state index contributed by atoms with van der Waals surface area (Å²) in [6.45, 7) is 5.28. The molecule has 0 aromatic carbocycles. The van der Waals surface area contributed by atoms with Crippen LogP contribution in [0.3, 0.4) is 0 Å². The van der Waals surface area contributed by atoms with Gasteiger partial charge in [0.05, 0.1) is 16.1 Å². The van der Waals surface area contributed by atoms with Gasteiger partial charge in [-0.05, 0) is 49.7 Å². The van der Waals surface area contributed by atoms with E-state index in [1.165, 1.54) is 10.4 Å². The average molecular weight is 295 g/mol. The molecule has 0 aliphatic rings. The Balaban J connectivity index is 2.15. The summed E-state index contributed by atoms with van der Waals surface area (Å²) in [6.07, 6.45) is 3.94. The van der Waals surface area contributed by atoms with Gasteiger partial charge in [0.1, 0.15) is 0 Å². The van der Waals surface area contributed by atoms with E-state index in [0.29, 0.717) is 0 Å². The number of nitrogens with one attached hydrogen (secondary N) is 1. The highest BCUT2D eigenvalue weighted by atomic mass is 35.5. The van der Waals surface area contributed by atoms with E-state index in [9.17, 15) is 0 Å². The molecule has 2 aromatic heterocycles. The van der Waals surface area contributed by atoms with Gasteiger partial charge in [-0.25, -0.2) is 0 Å². The number of pyridine rings is 1. The fraction of sp³-hybridized carbons (Fsp3) is 0.400. The summed E-state index contributed by atoms with van der Waals surface area (Å²) in [7, 11) is 0. The van der Waals surface area contributed by atoms with Crippen LogP contribution >= 0.6 is 22.9 Å². The topological polar surface area (TPSA) is 24.9 Å². The second-order valence-corrected chi connectivity index (χ2v) is 6.47. The molecule has 19 heavy (non-hydrogen) atoms. The number of thiophene rings is 1. The fourth-order valence-corrected chi connectivity index (χ4v) is 3.15. The Kier molecular flexibility index (Phi) is 5.37. The zero-order chi connectivity index (χ0) is 13.7. The lowest BCUT2D eigenvalue weighted by molar-refractivity contribution is 0.520. The van der Waals surface area contributed by atoms with Crippen molar-refractivity contribution < 1.29 is 0 Å². The molecule has 0 amide bonds. The molecule has 2 heterocycles. The van der Waals surface area contributed by atoms with E-state index >= 15 is 0 Å². The Bertz CT molecular complexity index is 524. The molecule has 2 aromatic rings. The maximum atomic E-state index is 6.00. The SMILES string of the molecule is CCCNC(Cc1ccc(Cl)s1)c1cc(C)ccn1. The number of nitrogens with zero attached hydrogens (tertiary/aromatic N) is 1. The highest BCUT2D eigenvalue weighted by Crippen LogP contribution is 2.26. The largest absolute Gasteiger partial charge is 0.308 e. The Hall–Kier alpha value is -0.900. The van der Waals surface area contributed by atoms with Crippen LogP contribution in [0.4, 0.5) is 0 Å². The minimum atomic E-state index is 0.259. The summed E-state index contributed by atoms with van der Waals surface area (Å²) < 4.78 is 0.849. The summed E-state index contributed by atoms with van der Waals surface area (Å²) in [5, 5.41) is 3.57. The van der Waals surface area contributed by atoms with Crippen molar-refractivity contribution >= 4 is 22.9 Å². The van der Waals surface area contributed by atoms with E-state index < -0.39 is 0 Å². The maximum absolute atomic E-state index is 6.00. The number of hydrogen-bond donors (Lipinski definition) is 1. The van der Waals surface area contributed by atoms with E-state index in [0.717, 1.165) is 29.4 Å². The number of rotatable bonds is 6. The lowest BCUT2D eigenvalue weighted by atomic mass is 10.1. The molecule has 2 nitrogen and oxygen atoms in total. The predicted octanol–water partition coefficient (Wildman–Crippen LogP) is 4.39. The van der Waals surface area contributed by atoms with Gasteiger partial charge < -0.3 is 5.32 Å². The van der Waals surface area contributed by atoms with Crippen molar-refractivity contribution in [1.82, 2.24) is 10.3 Å². The van der Waals surface area contributed by atoms with Crippen LogP contribution in [-0.4, -0.2) is 11.5 Å². The molecule has 0 aliphatic carbocycles. The number of aryl methyl sites for hydroxylation is 1. The van der Waals surface area contributed by atoms with E-state index in [4.69, 9.17) is 11.6 Å². The third-order valence-electron chi connectivity index (χ3n) is 2.97. The number of hydrogen-bond acceptors (Lipinski definition) is 3. The molecule has 2 rings (SSSR count). The van der Waals surface area contributed by atoms with Crippen molar-refractivity contribution in [2.24, 2.45) is 0 Å². The highest BCUT2D eigenvalue weighted by Gasteiger charge is 2.14. The lowest BCUT2D eigenvalue weighted by Crippen LogP contribution is -2.24. The van der Waals surface area contributed by atoms with Gasteiger partial charge in [-0.2, -0.15) is 0 Å². The quantitative estimate of drug-likeness (QED) is 0.855. The molecule has 0 spiro atoms. The molecule has 1 unspecified atom stereocenters. The molecule has 0 aliphatic heterocycles. The normalized spacial score (nSPS) is 12.6. The second kappa shape index (κ2) is 7.04. The lowest BCUT2D eigenvalue weighted by Gasteiger charge is -2.17. The van der Waals surface area contributed by atoms with E-state index in [-0.39, 0.29) is 6.04 Å². The van der Waals surface area contributed by atoms with Gasteiger partial charge in [0, 0.05) is 17.5 Å². The molecule has 1 N–H and O–H groups in total. The monoisotopic (exact) mass is 294 g/mol. The Morgan fingerprint density at radius 3 is 2.84 bits per heavy atom. The smallest absolute Gasteiger partial charge is 0.0931 e. The fourth-order valence-electron chi connectivity index (χ4n) is 2.01. The maximum Gasteiger partial charge on any atom is 0.0931 e. The van der Waals surface area contributed by atoms with Crippen LogP contribution in [0.25, 0.3) is 0 Å². The molecule has 102 valence electrons. The van der Waals surface area contributed by atoms with Gasteiger partial charge in [-0.15, -0.1) is 11.3 Å². The van der Waals surface area contributed by atoms with Crippen molar-refractivity contribution in [3.05, 3.63) is 50.9 Å². The second-order valence-electron chi connectivity index (χ2n) is 4.67. The van der Waals surface area contributed by atoms with Crippen LogP contribution in [-0.2, 0) is 6.42 Å². The van der Waals surface area contributed by atoms with E-state index in [1.54, 1.807) is 11.3 Å². The molecular formula is C15H19ClN2S. The molecule has 0 fully saturated rings. The van der Waals surface area contributed by atoms with Crippen molar-refractivity contribution in [3.63, 3.8) is 0 Å². The molecule has 0 saturated heterocycles. The Morgan fingerprint density at radius 2 is 2.21 bits per heavy atom. The minimum absolute atomic E-state index is 0.259. The van der Waals surface area contributed by atoms with Gasteiger partial charge in [0.15, 0.2) is 0 Å². The first-order chi connectivity index (χ1) is 9.19. The first-order valence-electron chi connectivity index (χ1n) is 6.59. The summed E-state index contributed by atoms with van der Waals surface area (Å²) in [5.74, 6) is 0. The Labute approximate surface area is 123 Å². The summed E-state index contributed by atoms with van der Waals surface area (Å²) in [4.78, 5) is 5.80. The summed E-state index contributed by atoms with van der Waals surface area (Å²) in [6, 6.07) is 8.51. The van der Waals surface area contributed by atoms with Gasteiger partial charge in [-0.1, -0.05) is 18.5 Å². The predicted molar refractivity (Wildman–Crippen MR) is 83.0 cm³/mol. The highest BCUT2D eigenvalue weighted by molar-refractivity contribution is 7.16. The van der Waals surface area contributed by atoms with Gasteiger partial charge in [0.2, 0.25) is 0 Å². The Morgan fingerprint density at radius 1 is 1.37 bits per heavy atom. The first-order valence-corrected chi connectivity index (χ1v) is 7.78. The average Bonchev–Trinajstić information content (AvgIpc) is 2.80. The van der Waals surface area contributed by atoms with Crippen molar-refractivity contribution in [3.8, 4) is 0 Å². The molecule has 1 atom stereocenters. The number of halogens is 1. The zero-order valence-electron chi connectivity index (χ0n) is 11.3. The van der Waals surface area contributed by atoms with Crippen LogP contribution in [0, 0.1) is 6.92 Å². The molecular weight excluding hydrogens is 276 g/mol. The molecule has 0 saturated carbocycles. The number of aromatic nitrogens is 1. The van der Waals surface area contributed by atoms with E-state index in [1.807, 2.05) is 18.3 Å². The summed E-state index contributed by atoms with van der Waals surface area (Å²) >= 11 is 7.65. The molecule has 4 heteroatoms. The van der Waals surface area contributed by atoms with Gasteiger partial charge >= 0.3 is 0 Å². The van der Waals surface area contributed by atoms with Gasteiger partial charge in [0.25, 0.3) is 0 Å². The molecule has 0 bridgehead atoms. The van der Waals surface area contributed by atoms with Crippen molar-refractivity contribution in [2.45, 2.75) is 32.7 Å². The minimum Gasteiger partial charge on any atom is -0.308 e.